The molecule has 3 N–H and O–H groups in total. The zero-order chi connectivity index (χ0) is 14.6. The number of hydrogen-bond donors (Lipinski definition) is 3. The Morgan fingerprint density at radius 2 is 2.05 bits per heavy atom. The summed E-state index contributed by atoms with van der Waals surface area (Å²) >= 11 is 0. The summed E-state index contributed by atoms with van der Waals surface area (Å²) in [6, 6.07) is 4.04. The first kappa shape index (κ1) is 14.8. The number of carbonyl (C=O) groups excluding carboxylic acids is 1. The Labute approximate surface area is 118 Å². The first-order valence-corrected chi connectivity index (χ1v) is 7.02. The molecular weight excluding hydrogens is 259 g/mol. The first-order chi connectivity index (χ1) is 9.48. The van der Waals surface area contributed by atoms with Crippen LogP contribution in [-0.2, 0) is 0 Å². The van der Waals surface area contributed by atoms with E-state index in [1.165, 1.54) is 6.07 Å². The van der Waals surface area contributed by atoms with Crippen LogP contribution < -0.4 is 10.6 Å². The van der Waals surface area contributed by atoms with E-state index < -0.39 is 17.4 Å². The van der Waals surface area contributed by atoms with Gasteiger partial charge in [0, 0.05) is 6.54 Å². The third-order valence-corrected chi connectivity index (χ3v) is 3.73. The molecule has 1 fully saturated rings. The summed E-state index contributed by atoms with van der Waals surface area (Å²) in [5, 5.41) is 15.4. The highest BCUT2D eigenvalue weighted by molar-refractivity contribution is 5.89. The lowest BCUT2D eigenvalue weighted by Crippen LogP contribution is -2.45. The molecule has 0 saturated heterocycles. The Balaban J connectivity index is 1.87. The van der Waals surface area contributed by atoms with E-state index in [-0.39, 0.29) is 12.2 Å². The molecule has 1 aromatic rings. The Kier molecular flexibility index (Phi) is 4.60. The maximum Gasteiger partial charge on any atom is 0.319 e. The Hall–Kier alpha value is -1.62. The number of carbonyl (C=O) groups is 1. The van der Waals surface area contributed by atoms with Crippen LogP contribution in [0.1, 0.15) is 37.7 Å². The van der Waals surface area contributed by atoms with E-state index in [0.29, 0.717) is 12.8 Å². The fourth-order valence-corrected chi connectivity index (χ4v) is 2.53. The van der Waals surface area contributed by atoms with E-state index in [4.69, 9.17) is 0 Å². The van der Waals surface area contributed by atoms with Crippen molar-refractivity contribution in [1.82, 2.24) is 5.32 Å². The van der Waals surface area contributed by atoms with E-state index in [0.717, 1.165) is 24.8 Å². The predicted molar refractivity (Wildman–Crippen MR) is 76.2 cm³/mol. The molecule has 20 heavy (non-hydrogen) atoms. The molecule has 0 unspecified atom stereocenters. The number of benzene rings is 1. The third-order valence-electron chi connectivity index (χ3n) is 3.73. The minimum absolute atomic E-state index is 0.151. The number of hydrogen-bond acceptors (Lipinski definition) is 2. The third kappa shape index (κ3) is 3.93. The van der Waals surface area contributed by atoms with Gasteiger partial charge < -0.3 is 15.7 Å². The summed E-state index contributed by atoms with van der Waals surface area (Å²) in [6.45, 7) is 2.03. The van der Waals surface area contributed by atoms with Gasteiger partial charge in [-0.2, -0.15) is 0 Å². The summed E-state index contributed by atoms with van der Waals surface area (Å²) in [7, 11) is 0. The molecular formula is C15H21FN2O2. The van der Waals surface area contributed by atoms with Gasteiger partial charge in [-0.05, 0) is 37.5 Å². The molecule has 4 nitrogen and oxygen atoms in total. The van der Waals surface area contributed by atoms with Crippen LogP contribution in [0.5, 0.6) is 0 Å². The molecule has 0 aromatic heterocycles. The van der Waals surface area contributed by atoms with Gasteiger partial charge in [0.25, 0.3) is 0 Å². The highest BCUT2D eigenvalue weighted by atomic mass is 19.1. The predicted octanol–water partition coefficient (Wildman–Crippen LogP) is 2.95. The van der Waals surface area contributed by atoms with Gasteiger partial charge in [-0.3, -0.25) is 0 Å². The number of urea groups is 1. The van der Waals surface area contributed by atoms with Gasteiger partial charge in [0.2, 0.25) is 0 Å². The van der Waals surface area contributed by atoms with Gasteiger partial charge in [0.15, 0.2) is 0 Å². The van der Waals surface area contributed by atoms with Crippen molar-refractivity contribution in [1.29, 1.82) is 0 Å². The first-order valence-electron chi connectivity index (χ1n) is 7.02. The average Bonchev–Trinajstić information content (AvgIpc) is 2.42. The fraction of sp³-hybridized carbons (Fsp3) is 0.533. The zero-order valence-electron chi connectivity index (χ0n) is 11.7. The lowest BCUT2D eigenvalue weighted by atomic mass is 9.85. The normalized spacial score (nSPS) is 17.6. The SMILES string of the molecule is Cc1ccc(F)c(NC(=O)NCC2(O)CCCCC2)c1. The summed E-state index contributed by atoms with van der Waals surface area (Å²) in [5.41, 5.74) is 0.200. The van der Waals surface area contributed by atoms with Crippen molar-refractivity contribution >= 4 is 11.7 Å². The van der Waals surface area contributed by atoms with E-state index in [2.05, 4.69) is 10.6 Å². The van der Waals surface area contributed by atoms with Crippen LogP contribution in [0.25, 0.3) is 0 Å². The van der Waals surface area contributed by atoms with Gasteiger partial charge in [-0.25, -0.2) is 9.18 Å². The molecule has 5 heteroatoms. The van der Waals surface area contributed by atoms with Crippen LogP contribution >= 0.6 is 0 Å². The highest BCUT2D eigenvalue weighted by Crippen LogP contribution is 2.27. The van der Waals surface area contributed by atoms with Gasteiger partial charge in [-0.15, -0.1) is 0 Å². The maximum atomic E-state index is 13.5. The highest BCUT2D eigenvalue weighted by Gasteiger charge is 2.29. The van der Waals surface area contributed by atoms with Crippen molar-refractivity contribution in [2.24, 2.45) is 0 Å². The van der Waals surface area contributed by atoms with E-state index in [9.17, 15) is 14.3 Å². The van der Waals surface area contributed by atoms with Crippen molar-refractivity contribution in [2.45, 2.75) is 44.6 Å². The number of nitrogens with one attached hydrogen (secondary N) is 2. The topological polar surface area (TPSA) is 61.4 Å². The number of aryl methyl sites for hydroxylation is 1. The van der Waals surface area contributed by atoms with Crippen LogP contribution in [0.2, 0.25) is 0 Å². The van der Waals surface area contributed by atoms with Gasteiger partial charge >= 0.3 is 6.03 Å². The monoisotopic (exact) mass is 280 g/mol. The molecule has 0 radical (unpaired) electrons. The minimum atomic E-state index is -0.819. The molecule has 0 bridgehead atoms. The zero-order valence-corrected chi connectivity index (χ0v) is 11.7. The molecule has 110 valence electrons. The molecule has 0 heterocycles. The molecule has 0 aliphatic heterocycles. The Morgan fingerprint density at radius 3 is 2.75 bits per heavy atom. The molecule has 1 aliphatic carbocycles. The van der Waals surface area contributed by atoms with Gasteiger partial charge in [-0.1, -0.05) is 25.3 Å². The van der Waals surface area contributed by atoms with E-state index >= 15 is 0 Å². The molecule has 1 aromatic carbocycles. The van der Waals surface area contributed by atoms with Crippen molar-refractivity contribution in [3.05, 3.63) is 29.6 Å². The summed E-state index contributed by atoms with van der Waals surface area (Å²) in [6.07, 6.45) is 4.49. The second-order valence-electron chi connectivity index (χ2n) is 5.58. The average molecular weight is 280 g/mol. The lowest BCUT2D eigenvalue weighted by molar-refractivity contribution is 0.00755. The molecule has 0 spiro atoms. The number of halogens is 1. The van der Waals surface area contributed by atoms with Crippen molar-refractivity contribution < 1.29 is 14.3 Å². The Morgan fingerprint density at radius 1 is 1.35 bits per heavy atom. The summed E-state index contributed by atoms with van der Waals surface area (Å²) in [5.74, 6) is -0.470. The molecule has 0 atom stereocenters. The standard InChI is InChI=1S/C15H21FN2O2/c1-11-5-6-12(16)13(9-11)18-14(19)17-10-15(20)7-3-2-4-8-15/h5-6,9,20H,2-4,7-8,10H2,1H3,(H2,17,18,19). The fourth-order valence-electron chi connectivity index (χ4n) is 2.53. The Bertz CT molecular complexity index is 485. The smallest absolute Gasteiger partial charge is 0.319 e. The quantitative estimate of drug-likeness (QED) is 0.797. The molecule has 1 aliphatic rings. The number of rotatable bonds is 3. The van der Waals surface area contributed by atoms with Gasteiger partial charge in [0.1, 0.15) is 5.82 Å². The molecule has 2 rings (SSSR count). The van der Waals surface area contributed by atoms with Gasteiger partial charge in [0.05, 0.1) is 11.3 Å². The van der Waals surface area contributed by atoms with Crippen molar-refractivity contribution in [3.8, 4) is 0 Å². The largest absolute Gasteiger partial charge is 0.388 e. The number of anilines is 1. The van der Waals surface area contributed by atoms with Crippen LogP contribution in [0.3, 0.4) is 0 Å². The van der Waals surface area contributed by atoms with Crippen LogP contribution in [0, 0.1) is 12.7 Å². The number of amides is 2. The van der Waals surface area contributed by atoms with Crippen LogP contribution in [0.4, 0.5) is 14.9 Å². The van der Waals surface area contributed by atoms with E-state index in [1.807, 2.05) is 6.92 Å². The molecule has 1 saturated carbocycles. The lowest BCUT2D eigenvalue weighted by Gasteiger charge is -2.32. The minimum Gasteiger partial charge on any atom is -0.388 e. The van der Waals surface area contributed by atoms with Crippen LogP contribution in [-0.4, -0.2) is 23.3 Å². The number of aliphatic hydroxyl groups is 1. The van der Waals surface area contributed by atoms with Crippen LogP contribution in [0.15, 0.2) is 18.2 Å². The van der Waals surface area contributed by atoms with E-state index in [1.54, 1.807) is 12.1 Å². The second kappa shape index (κ2) is 6.22. The molecule has 2 amide bonds. The van der Waals surface area contributed by atoms with Crippen molar-refractivity contribution in [3.63, 3.8) is 0 Å². The maximum absolute atomic E-state index is 13.5. The van der Waals surface area contributed by atoms with Crippen molar-refractivity contribution in [2.75, 3.05) is 11.9 Å². The summed E-state index contributed by atoms with van der Waals surface area (Å²) < 4.78 is 13.5. The summed E-state index contributed by atoms with van der Waals surface area (Å²) in [4.78, 5) is 11.8. The second-order valence-corrected chi connectivity index (χ2v) is 5.58.